The van der Waals surface area contributed by atoms with Crippen molar-refractivity contribution in [3.05, 3.63) is 29.3 Å². The Labute approximate surface area is 132 Å². The van der Waals surface area contributed by atoms with Crippen LogP contribution in [0.4, 0.5) is 10.5 Å². The first-order valence-electron chi connectivity index (χ1n) is 7.21. The molecule has 0 fully saturated rings. The largest absolute Gasteiger partial charge is 0.336 e. The van der Waals surface area contributed by atoms with Crippen LogP contribution in [0.25, 0.3) is 0 Å². The van der Waals surface area contributed by atoms with Crippen LogP contribution in [0, 0.1) is 13.8 Å². The number of rotatable bonds is 6. The molecule has 0 aromatic heterocycles. The number of urea groups is 1. The Balaban J connectivity index is 2.84. The summed E-state index contributed by atoms with van der Waals surface area (Å²) in [6.07, 6.45) is 1.17. The molecule has 2 amide bonds. The average molecular weight is 327 g/mol. The number of carbonyl (C=O) groups is 1. The molecule has 22 heavy (non-hydrogen) atoms. The van der Waals surface area contributed by atoms with Gasteiger partial charge in [-0.1, -0.05) is 12.1 Å². The summed E-state index contributed by atoms with van der Waals surface area (Å²) in [6, 6.07) is 5.27. The Morgan fingerprint density at radius 3 is 2.45 bits per heavy atom. The number of nitrogens with zero attached hydrogens (tertiary/aromatic N) is 1. The van der Waals surface area contributed by atoms with E-state index in [0.717, 1.165) is 11.1 Å². The van der Waals surface area contributed by atoms with Gasteiger partial charge in [-0.2, -0.15) is 0 Å². The minimum absolute atomic E-state index is 0.0324. The zero-order chi connectivity index (χ0) is 16.9. The van der Waals surface area contributed by atoms with Crippen LogP contribution >= 0.6 is 0 Å². The van der Waals surface area contributed by atoms with Crippen LogP contribution in [0.5, 0.6) is 0 Å². The standard InChI is InChI=1S/C15H25N3O3S/c1-11(2)17-15(19)16-9-10-18(22(5,20)21)14-8-6-7-12(3)13(14)4/h6-8,11H,9-10H2,1-5H3,(H2,16,17,19). The lowest BCUT2D eigenvalue weighted by molar-refractivity contribution is 0.239. The van der Waals surface area contributed by atoms with Gasteiger partial charge in [0.2, 0.25) is 10.0 Å². The zero-order valence-electron chi connectivity index (χ0n) is 13.8. The first-order chi connectivity index (χ1) is 10.1. The van der Waals surface area contributed by atoms with Gasteiger partial charge in [0.05, 0.1) is 18.5 Å². The van der Waals surface area contributed by atoms with Gasteiger partial charge in [-0.3, -0.25) is 4.31 Å². The molecular formula is C15H25N3O3S. The number of amides is 2. The Kier molecular flexibility index (Phi) is 6.22. The number of hydrogen-bond donors (Lipinski definition) is 2. The Bertz CT molecular complexity index is 627. The second-order valence-electron chi connectivity index (χ2n) is 5.61. The number of nitrogens with one attached hydrogen (secondary N) is 2. The van der Waals surface area contributed by atoms with Gasteiger partial charge in [0.25, 0.3) is 0 Å². The average Bonchev–Trinajstić information content (AvgIpc) is 2.36. The molecule has 0 spiro atoms. The summed E-state index contributed by atoms with van der Waals surface area (Å²) in [6.45, 7) is 7.97. The van der Waals surface area contributed by atoms with Crippen LogP contribution in [0.2, 0.25) is 0 Å². The van der Waals surface area contributed by atoms with Gasteiger partial charge in [-0.15, -0.1) is 0 Å². The Morgan fingerprint density at radius 1 is 1.27 bits per heavy atom. The molecule has 0 unspecified atom stereocenters. The van der Waals surface area contributed by atoms with E-state index in [1.807, 2.05) is 39.8 Å². The summed E-state index contributed by atoms with van der Waals surface area (Å²) in [5, 5.41) is 5.36. The van der Waals surface area contributed by atoms with E-state index < -0.39 is 10.0 Å². The Morgan fingerprint density at radius 2 is 1.91 bits per heavy atom. The highest BCUT2D eigenvalue weighted by Gasteiger charge is 2.19. The number of carbonyl (C=O) groups excluding carboxylic acids is 1. The summed E-state index contributed by atoms with van der Waals surface area (Å²) >= 11 is 0. The third kappa shape index (κ3) is 5.22. The predicted molar refractivity (Wildman–Crippen MR) is 89.8 cm³/mol. The molecule has 0 heterocycles. The SMILES string of the molecule is Cc1cccc(N(CCNC(=O)NC(C)C)S(C)(=O)=O)c1C. The fraction of sp³-hybridized carbons (Fsp3) is 0.533. The van der Waals surface area contributed by atoms with Crippen LogP contribution in [0.3, 0.4) is 0 Å². The third-order valence-electron chi connectivity index (χ3n) is 3.27. The molecule has 0 atom stereocenters. The van der Waals surface area contributed by atoms with E-state index in [2.05, 4.69) is 10.6 Å². The van der Waals surface area contributed by atoms with Crippen LogP contribution in [-0.2, 0) is 10.0 Å². The molecule has 0 aliphatic rings. The van der Waals surface area contributed by atoms with Gasteiger partial charge in [0, 0.05) is 12.6 Å². The van der Waals surface area contributed by atoms with Crippen molar-refractivity contribution in [3.63, 3.8) is 0 Å². The normalized spacial score (nSPS) is 11.4. The fourth-order valence-corrected chi connectivity index (χ4v) is 3.03. The monoisotopic (exact) mass is 327 g/mol. The van der Waals surface area contributed by atoms with Crippen molar-refractivity contribution >= 4 is 21.7 Å². The quantitative estimate of drug-likeness (QED) is 0.836. The van der Waals surface area contributed by atoms with Crippen LogP contribution < -0.4 is 14.9 Å². The number of sulfonamides is 1. The minimum Gasteiger partial charge on any atom is -0.336 e. The number of benzene rings is 1. The van der Waals surface area contributed by atoms with Crippen molar-refractivity contribution in [1.82, 2.24) is 10.6 Å². The number of aryl methyl sites for hydroxylation is 1. The molecule has 1 aromatic rings. The van der Waals surface area contributed by atoms with E-state index in [1.54, 1.807) is 6.07 Å². The molecule has 0 bridgehead atoms. The van der Waals surface area contributed by atoms with Crippen molar-refractivity contribution in [1.29, 1.82) is 0 Å². The highest BCUT2D eigenvalue weighted by molar-refractivity contribution is 7.92. The second kappa shape index (κ2) is 7.49. The lowest BCUT2D eigenvalue weighted by Gasteiger charge is -2.25. The summed E-state index contributed by atoms with van der Waals surface area (Å²) < 4.78 is 25.4. The van der Waals surface area contributed by atoms with Gasteiger partial charge >= 0.3 is 6.03 Å². The molecule has 0 radical (unpaired) electrons. The molecule has 2 N–H and O–H groups in total. The fourth-order valence-electron chi connectivity index (χ4n) is 2.05. The lowest BCUT2D eigenvalue weighted by atomic mass is 10.1. The molecule has 0 saturated carbocycles. The molecule has 7 heteroatoms. The summed E-state index contributed by atoms with van der Waals surface area (Å²) in [4.78, 5) is 11.6. The topological polar surface area (TPSA) is 78.5 Å². The van der Waals surface area contributed by atoms with E-state index >= 15 is 0 Å². The first-order valence-corrected chi connectivity index (χ1v) is 9.06. The summed E-state index contributed by atoms with van der Waals surface area (Å²) in [5.41, 5.74) is 2.59. The first kappa shape index (κ1) is 18.3. The van der Waals surface area contributed by atoms with Gasteiger partial charge in [-0.25, -0.2) is 13.2 Å². The van der Waals surface area contributed by atoms with Gasteiger partial charge in [-0.05, 0) is 44.9 Å². The molecule has 6 nitrogen and oxygen atoms in total. The van der Waals surface area contributed by atoms with Crippen LogP contribution in [0.15, 0.2) is 18.2 Å². The number of hydrogen-bond acceptors (Lipinski definition) is 3. The highest BCUT2D eigenvalue weighted by Crippen LogP contribution is 2.24. The second-order valence-corrected chi connectivity index (χ2v) is 7.52. The van der Waals surface area contributed by atoms with Crippen molar-refractivity contribution in [2.75, 3.05) is 23.7 Å². The van der Waals surface area contributed by atoms with Gasteiger partial charge in [0.1, 0.15) is 0 Å². The maximum atomic E-state index is 12.0. The predicted octanol–water partition coefficient (Wildman–Crippen LogP) is 1.78. The molecule has 1 rings (SSSR count). The van der Waals surface area contributed by atoms with Crippen molar-refractivity contribution < 1.29 is 13.2 Å². The summed E-state index contributed by atoms with van der Waals surface area (Å²) in [5.74, 6) is 0. The molecule has 0 saturated heterocycles. The number of anilines is 1. The van der Waals surface area contributed by atoms with Crippen LogP contribution in [-0.4, -0.2) is 39.8 Å². The molecule has 1 aromatic carbocycles. The maximum absolute atomic E-state index is 12.0. The minimum atomic E-state index is -3.42. The van der Waals surface area contributed by atoms with Crippen molar-refractivity contribution in [2.45, 2.75) is 33.7 Å². The maximum Gasteiger partial charge on any atom is 0.315 e. The summed E-state index contributed by atoms with van der Waals surface area (Å²) in [7, 11) is -3.42. The van der Waals surface area contributed by atoms with Gasteiger partial charge in [0.15, 0.2) is 0 Å². The molecule has 0 aliphatic heterocycles. The van der Waals surface area contributed by atoms with Crippen molar-refractivity contribution in [2.24, 2.45) is 0 Å². The molecular weight excluding hydrogens is 302 g/mol. The third-order valence-corrected chi connectivity index (χ3v) is 4.45. The Hall–Kier alpha value is -1.76. The van der Waals surface area contributed by atoms with E-state index in [0.29, 0.717) is 5.69 Å². The zero-order valence-corrected chi connectivity index (χ0v) is 14.6. The van der Waals surface area contributed by atoms with E-state index in [1.165, 1.54) is 10.6 Å². The molecule has 0 aliphatic carbocycles. The van der Waals surface area contributed by atoms with E-state index in [9.17, 15) is 13.2 Å². The smallest absolute Gasteiger partial charge is 0.315 e. The van der Waals surface area contributed by atoms with Crippen LogP contribution in [0.1, 0.15) is 25.0 Å². The highest BCUT2D eigenvalue weighted by atomic mass is 32.2. The molecule has 124 valence electrons. The van der Waals surface area contributed by atoms with E-state index in [-0.39, 0.29) is 25.2 Å². The lowest BCUT2D eigenvalue weighted by Crippen LogP contribution is -2.44. The van der Waals surface area contributed by atoms with Gasteiger partial charge < -0.3 is 10.6 Å². The van der Waals surface area contributed by atoms with Crippen molar-refractivity contribution in [3.8, 4) is 0 Å². The van der Waals surface area contributed by atoms with E-state index in [4.69, 9.17) is 0 Å².